The number of amides is 1. The summed E-state index contributed by atoms with van der Waals surface area (Å²) in [4.78, 5) is 22.2. The summed E-state index contributed by atoms with van der Waals surface area (Å²) in [6, 6.07) is 9.01. The van der Waals surface area contributed by atoms with E-state index in [1.165, 1.54) is 14.0 Å². The van der Waals surface area contributed by atoms with Crippen LogP contribution in [-0.4, -0.2) is 19.0 Å². The topological polar surface area (TPSA) is 55.4 Å². The Morgan fingerprint density at radius 2 is 1.94 bits per heavy atom. The first-order valence-corrected chi connectivity index (χ1v) is 5.02. The molecule has 0 fully saturated rings. The van der Waals surface area contributed by atoms with E-state index in [4.69, 9.17) is 0 Å². The van der Waals surface area contributed by atoms with Crippen LogP contribution in [0, 0.1) is 0 Å². The molecule has 16 heavy (non-hydrogen) atoms. The molecule has 1 atom stereocenters. The Bertz CT molecular complexity index is 362. The largest absolute Gasteiger partial charge is 0.453 e. The zero-order valence-corrected chi connectivity index (χ0v) is 9.40. The highest BCUT2D eigenvalue weighted by Gasteiger charge is 2.16. The fourth-order valence-electron chi connectivity index (χ4n) is 1.43. The number of ether oxygens (including phenoxy) is 1. The summed E-state index contributed by atoms with van der Waals surface area (Å²) in [6.07, 6.45) is -0.269. The van der Waals surface area contributed by atoms with Gasteiger partial charge in [-0.25, -0.2) is 4.79 Å². The number of ketones is 1. The Morgan fingerprint density at radius 3 is 2.44 bits per heavy atom. The van der Waals surface area contributed by atoms with Crippen molar-refractivity contribution in [2.45, 2.75) is 19.4 Å². The molecule has 4 nitrogen and oxygen atoms in total. The third-order valence-electron chi connectivity index (χ3n) is 2.17. The number of hydrogen-bond donors (Lipinski definition) is 1. The van der Waals surface area contributed by atoms with Crippen molar-refractivity contribution in [3.63, 3.8) is 0 Å². The Morgan fingerprint density at radius 1 is 1.31 bits per heavy atom. The van der Waals surface area contributed by atoms with E-state index in [9.17, 15) is 9.59 Å². The van der Waals surface area contributed by atoms with Gasteiger partial charge in [0.2, 0.25) is 0 Å². The van der Waals surface area contributed by atoms with Crippen molar-refractivity contribution in [1.29, 1.82) is 0 Å². The van der Waals surface area contributed by atoms with Crippen molar-refractivity contribution in [2.24, 2.45) is 0 Å². The van der Waals surface area contributed by atoms with Crippen molar-refractivity contribution in [2.75, 3.05) is 7.11 Å². The van der Waals surface area contributed by atoms with Crippen LogP contribution in [0.3, 0.4) is 0 Å². The number of carbonyl (C=O) groups excluding carboxylic acids is 2. The maximum Gasteiger partial charge on any atom is 0.407 e. The van der Waals surface area contributed by atoms with E-state index in [2.05, 4.69) is 10.1 Å². The number of methoxy groups -OCH3 is 1. The van der Waals surface area contributed by atoms with E-state index >= 15 is 0 Å². The summed E-state index contributed by atoms with van der Waals surface area (Å²) in [5.41, 5.74) is 0.892. The first kappa shape index (κ1) is 12.2. The van der Waals surface area contributed by atoms with Crippen LogP contribution in [0.4, 0.5) is 4.79 Å². The average molecular weight is 221 g/mol. The lowest BCUT2D eigenvalue weighted by Crippen LogP contribution is -2.29. The number of carbonyl (C=O) groups is 2. The molecule has 1 amide bonds. The van der Waals surface area contributed by atoms with Gasteiger partial charge in [-0.3, -0.25) is 4.79 Å². The number of benzene rings is 1. The smallest absolute Gasteiger partial charge is 0.407 e. The quantitative estimate of drug-likeness (QED) is 0.846. The van der Waals surface area contributed by atoms with E-state index in [1.807, 2.05) is 30.3 Å². The van der Waals surface area contributed by atoms with Crippen LogP contribution in [0.25, 0.3) is 0 Å². The minimum Gasteiger partial charge on any atom is -0.453 e. The molecule has 0 bridgehead atoms. The van der Waals surface area contributed by atoms with Gasteiger partial charge in [0.15, 0.2) is 0 Å². The molecule has 0 spiro atoms. The van der Waals surface area contributed by atoms with E-state index in [-0.39, 0.29) is 18.2 Å². The van der Waals surface area contributed by atoms with Crippen molar-refractivity contribution in [3.8, 4) is 0 Å². The number of nitrogens with one attached hydrogen (secondary N) is 1. The third-order valence-corrected chi connectivity index (χ3v) is 2.17. The van der Waals surface area contributed by atoms with Crippen LogP contribution in [0.2, 0.25) is 0 Å². The maximum atomic E-state index is 11.1. The lowest BCUT2D eigenvalue weighted by atomic mass is 10.0. The molecule has 4 heteroatoms. The molecule has 0 aliphatic rings. The minimum atomic E-state index is -0.532. The lowest BCUT2D eigenvalue weighted by molar-refractivity contribution is -0.117. The molecule has 0 aliphatic heterocycles. The van der Waals surface area contributed by atoms with Gasteiger partial charge in [-0.15, -0.1) is 0 Å². The predicted molar refractivity (Wildman–Crippen MR) is 60.0 cm³/mol. The van der Waals surface area contributed by atoms with Crippen LogP contribution in [0.15, 0.2) is 30.3 Å². The van der Waals surface area contributed by atoms with Crippen LogP contribution >= 0.6 is 0 Å². The van der Waals surface area contributed by atoms with Gasteiger partial charge in [0.1, 0.15) is 5.78 Å². The van der Waals surface area contributed by atoms with Gasteiger partial charge >= 0.3 is 6.09 Å². The standard InChI is InChI=1S/C12H15NO3/c1-9(14)8-11(13-12(15)16-2)10-6-4-3-5-7-10/h3-7,11H,8H2,1-2H3,(H,13,15)/t11-/m1/s1. The summed E-state index contributed by atoms with van der Waals surface area (Å²) in [5, 5.41) is 2.63. The highest BCUT2D eigenvalue weighted by atomic mass is 16.5. The summed E-state index contributed by atoms with van der Waals surface area (Å²) >= 11 is 0. The number of rotatable bonds is 4. The average Bonchev–Trinajstić information content (AvgIpc) is 2.28. The molecule has 0 aromatic heterocycles. The van der Waals surface area contributed by atoms with Crippen molar-refractivity contribution in [3.05, 3.63) is 35.9 Å². The Labute approximate surface area is 94.6 Å². The molecule has 0 heterocycles. The predicted octanol–water partition coefficient (Wildman–Crippen LogP) is 2.06. The van der Waals surface area contributed by atoms with Gasteiger partial charge in [0, 0.05) is 6.42 Å². The zero-order valence-electron chi connectivity index (χ0n) is 9.40. The van der Waals surface area contributed by atoms with E-state index in [0.717, 1.165) is 5.56 Å². The molecule has 0 unspecified atom stereocenters. The summed E-state index contributed by atoms with van der Waals surface area (Å²) < 4.78 is 4.52. The normalized spacial score (nSPS) is 11.6. The molecule has 1 N–H and O–H groups in total. The second-order valence-electron chi connectivity index (χ2n) is 3.51. The fraction of sp³-hybridized carbons (Fsp3) is 0.333. The molecular formula is C12H15NO3. The van der Waals surface area contributed by atoms with Crippen LogP contribution in [0.5, 0.6) is 0 Å². The Balaban J connectivity index is 2.79. The van der Waals surface area contributed by atoms with Gasteiger partial charge in [-0.1, -0.05) is 30.3 Å². The van der Waals surface area contributed by atoms with Gasteiger partial charge in [-0.2, -0.15) is 0 Å². The number of Topliss-reactive ketones (excluding diaryl/α,β-unsaturated/α-hetero) is 1. The molecule has 0 aliphatic carbocycles. The van der Waals surface area contributed by atoms with Crippen molar-refractivity contribution >= 4 is 11.9 Å². The van der Waals surface area contributed by atoms with E-state index in [1.54, 1.807) is 0 Å². The SMILES string of the molecule is COC(=O)N[C@H](CC(C)=O)c1ccccc1. The van der Waals surface area contributed by atoms with Gasteiger partial charge in [0.25, 0.3) is 0 Å². The lowest BCUT2D eigenvalue weighted by Gasteiger charge is -2.16. The summed E-state index contributed by atoms with van der Waals surface area (Å²) in [5.74, 6) is 0.0188. The van der Waals surface area contributed by atoms with Gasteiger partial charge < -0.3 is 10.1 Å². The Kier molecular flexibility index (Phi) is 4.51. The Hall–Kier alpha value is -1.84. The second-order valence-corrected chi connectivity index (χ2v) is 3.51. The molecule has 0 saturated carbocycles. The summed E-state index contributed by atoms with van der Waals surface area (Å²) in [7, 11) is 1.30. The second kappa shape index (κ2) is 5.90. The minimum absolute atomic E-state index is 0.0188. The maximum absolute atomic E-state index is 11.1. The third kappa shape index (κ3) is 3.73. The van der Waals surface area contributed by atoms with E-state index in [0.29, 0.717) is 0 Å². The van der Waals surface area contributed by atoms with Crippen LogP contribution in [-0.2, 0) is 9.53 Å². The van der Waals surface area contributed by atoms with Gasteiger partial charge in [0.05, 0.1) is 13.2 Å². The first-order valence-electron chi connectivity index (χ1n) is 5.02. The highest BCUT2D eigenvalue weighted by molar-refractivity contribution is 5.77. The zero-order chi connectivity index (χ0) is 12.0. The molecule has 1 rings (SSSR count). The van der Waals surface area contributed by atoms with Crippen LogP contribution in [0.1, 0.15) is 24.9 Å². The van der Waals surface area contributed by atoms with Crippen LogP contribution < -0.4 is 5.32 Å². The highest BCUT2D eigenvalue weighted by Crippen LogP contribution is 2.16. The molecule has 0 saturated heterocycles. The van der Waals surface area contributed by atoms with Crippen molar-refractivity contribution in [1.82, 2.24) is 5.32 Å². The molecular weight excluding hydrogens is 206 g/mol. The number of hydrogen-bond acceptors (Lipinski definition) is 3. The molecule has 0 radical (unpaired) electrons. The van der Waals surface area contributed by atoms with Crippen molar-refractivity contribution < 1.29 is 14.3 Å². The fourth-order valence-corrected chi connectivity index (χ4v) is 1.43. The first-order chi connectivity index (χ1) is 7.63. The molecule has 86 valence electrons. The molecule has 1 aromatic rings. The summed E-state index contributed by atoms with van der Waals surface area (Å²) in [6.45, 7) is 1.49. The monoisotopic (exact) mass is 221 g/mol. The van der Waals surface area contributed by atoms with E-state index < -0.39 is 6.09 Å². The molecule has 1 aromatic carbocycles. The number of alkyl carbamates (subject to hydrolysis) is 1. The van der Waals surface area contributed by atoms with Gasteiger partial charge in [-0.05, 0) is 12.5 Å².